The zero-order valence-electron chi connectivity index (χ0n) is 14.8. The van der Waals surface area contributed by atoms with Crippen LogP contribution in [0.2, 0.25) is 0 Å². The number of benzene rings is 1. The summed E-state index contributed by atoms with van der Waals surface area (Å²) in [6.07, 6.45) is 0. The van der Waals surface area contributed by atoms with Crippen molar-refractivity contribution in [3.05, 3.63) is 33.8 Å². The first-order valence-electron chi connectivity index (χ1n) is 7.66. The molecule has 0 atom stereocenters. The molecule has 2 rings (SSSR count). The predicted molar refractivity (Wildman–Crippen MR) is 97.8 cm³/mol. The van der Waals surface area contributed by atoms with Crippen molar-refractivity contribution >= 4 is 40.5 Å². The molecular weight excluding hydrogens is 358 g/mol. The fraction of sp³-hybridized carbons (Fsp3) is 0.294. The third-order valence-electron chi connectivity index (χ3n) is 3.22. The summed E-state index contributed by atoms with van der Waals surface area (Å²) in [5.74, 6) is -0.956. The lowest BCUT2D eigenvalue weighted by molar-refractivity contribution is -0.119. The van der Waals surface area contributed by atoms with Crippen molar-refractivity contribution < 1.29 is 23.9 Å². The summed E-state index contributed by atoms with van der Waals surface area (Å²) in [5.41, 5.74) is 1.42. The maximum absolute atomic E-state index is 12.1. The van der Waals surface area contributed by atoms with Crippen molar-refractivity contribution in [2.24, 2.45) is 0 Å². The number of nitrogens with one attached hydrogen (secondary N) is 2. The number of amides is 2. The molecule has 26 heavy (non-hydrogen) atoms. The minimum absolute atomic E-state index is 0.239. The highest BCUT2D eigenvalue weighted by molar-refractivity contribution is 7.13. The van der Waals surface area contributed by atoms with Gasteiger partial charge in [-0.1, -0.05) is 0 Å². The van der Waals surface area contributed by atoms with Gasteiger partial charge < -0.3 is 20.1 Å². The third kappa shape index (κ3) is 5.03. The average Bonchev–Trinajstić information content (AvgIpc) is 2.91. The lowest BCUT2D eigenvalue weighted by Crippen LogP contribution is -2.21. The summed E-state index contributed by atoms with van der Waals surface area (Å²) < 4.78 is 10.2. The molecule has 1 aromatic heterocycles. The van der Waals surface area contributed by atoms with Crippen LogP contribution in [0.5, 0.6) is 5.75 Å². The number of carbonyl (C=O) groups excluding carboxylic acids is 3. The Balaban J connectivity index is 2.01. The second-order valence-corrected chi connectivity index (χ2v) is 6.57. The molecule has 2 N–H and O–H groups in total. The summed E-state index contributed by atoms with van der Waals surface area (Å²) in [5, 5.41) is 5.96. The number of aromatic nitrogens is 1. The molecule has 2 amide bonds. The van der Waals surface area contributed by atoms with E-state index in [9.17, 15) is 14.4 Å². The topological polar surface area (TPSA) is 107 Å². The molecule has 0 fully saturated rings. The SMILES string of the molecule is COc1ccc(NC(C)=O)cc1NC(=O)COC(=O)c1sc(C)nc1C. The van der Waals surface area contributed by atoms with Crippen LogP contribution in [0.4, 0.5) is 11.4 Å². The maximum Gasteiger partial charge on any atom is 0.350 e. The zero-order valence-corrected chi connectivity index (χ0v) is 15.7. The van der Waals surface area contributed by atoms with Crippen LogP contribution in [0.3, 0.4) is 0 Å². The van der Waals surface area contributed by atoms with Gasteiger partial charge in [0.05, 0.1) is 23.5 Å². The van der Waals surface area contributed by atoms with Crippen LogP contribution in [0.25, 0.3) is 0 Å². The fourth-order valence-electron chi connectivity index (χ4n) is 2.19. The number of aryl methyl sites for hydroxylation is 2. The normalized spacial score (nSPS) is 10.2. The van der Waals surface area contributed by atoms with E-state index in [0.29, 0.717) is 27.7 Å². The number of hydrogen-bond acceptors (Lipinski definition) is 7. The Kier molecular flexibility index (Phi) is 6.29. The highest BCUT2D eigenvalue weighted by atomic mass is 32.1. The van der Waals surface area contributed by atoms with Crippen molar-refractivity contribution in [1.82, 2.24) is 4.98 Å². The maximum atomic E-state index is 12.1. The van der Waals surface area contributed by atoms with Gasteiger partial charge >= 0.3 is 5.97 Å². The number of carbonyl (C=O) groups is 3. The number of thiazole rings is 1. The molecule has 1 aromatic carbocycles. The minimum atomic E-state index is -0.595. The number of anilines is 2. The Labute approximate surface area is 154 Å². The lowest BCUT2D eigenvalue weighted by Gasteiger charge is -2.12. The number of hydrogen-bond donors (Lipinski definition) is 2. The third-order valence-corrected chi connectivity index (χ3v) is 4.27. The standard InChI is InChI=1S/C17H19N3O5S/c1-9-16(26-11(3)18-9)17(23)25-8-15(22)20-13-7-12(19-10(2)21)5-6-14(13)24-4/h5-7H,8H2,1-4H3,(H,19,21)(H,20,22). The van der Waals surface area contributed by atoms with Gasteiger partial charge in [-0.3, -0.25) is 9.59 Å². The lowest BCUT2D eigenvalue weighted by atomic mass is 10.2. The van der Waals surface area contributed by atoms with E-state index in [4.69, 9.17) is 9.47 Å². The van der Waals surface area contributed by atoms with Gasteiger partial charge in [0, 0.05) is 12.6 Å². The minimum Gasteiger partial charge on any atom is -0.495 e. The monoisotopic (exact) mass is 377 g/mol. The quantitative estimate of drug-likeness (QED) is 0.749. The van der Waals surface area contributed by atoms with Crippen molar-refractivity contribution in [3.8, 4) is 5.75 Å². The Morgan fingerprint density at radius 3 is 2.50 bits per heavy atom. The van der Waals surface area contributed by atoms with E-state index in [2.05, 4.69) is 15.6 Å². The molecular formula is C17H19N3O5S. The largest absolute Gasteiger partial charge is 0.495 e. The van der Waals surface area contributed by atoms with Crippen LogP contribution < -0.4 is 15.4 Å². The Bertz CT molecular complexity index is 847. The van der Waals surface area contributed by atoms with E-state index in [1.54, 1.807) is 32.0 Å². The summed E-state index contributed by atoms with van der Waals surface area (Å²) in [6.45, 7) is 4.42. The predicted octanol–water partition coefficient (Wildman–Crippen LogP) is 2.52. The van der Waals surface area contributed by atoms with Crippen LogP contribution in [0.15, 0.2) is 18.2 Å². The van der Waals surface area contributed by atoms with E-state index < -0.39 is 18.5 Å². The molecule has 0 spiro atoms. The molecule has 1 heterocycles. The second kappa shape index (κ2) is 8.43. The van der Waals surface area contributed by atoms with E-state index >= 15 is 0 Å². The second-order valence-electron chi connectivity index (χ2n) is 5.37. The first-order chi connectivity index (χ1) is 12.3. The molecule has 138 valence electrons. The van der Waals surface area contributed by atoms with Crippen LogP contribution >= 0.6 is 11.3 Å². The molecule has 0 saturated carbocycles. The first-order valence-corrected chi connectivity index (χ1v) is 8.48. The number of esters is 1. The molecule has 8 nitrogen and oxygen atoms in total. The Morgan fingerprint density at radius 2 is 1.92 bits per heavy atom. The summed E-state index contributed by atoms with van der Waals surface area (Å²) in [6, 6.07) is 4.80. The molecule has 0 radical (unpaired) electrons. The Hall–Kier alpha value is -2.94. The van der Waals surface area contributed by atoms with E-state index in [0.717, 1.165) is 5.01 Å². The molecule has 0 unspecified atom stereocenters. The molecule has 0 bridgehead atoms. The van der Waals surface area contributed by atoms with Crippen LogP contribution in [-0.4, -0.2) is 36.5 Å². The van der Waals surface area contributed by atoms with Gasteiger partial charge in [-0.05, 0) is 32.0 Å². The highest BCUT2D eigenvalue weighted by Crippen LogP contribution is 2.28. The smallest absolute Gasteiger partial charge is 0.350 e. The fourth-order valence-corrected chi connectivity index (χ4v) is 3.00. The number of rotatable bonds is 6. The molecule has 0 aliphatic rings. The number of nitrogens with zero attached hydrogens (tertiary/aromatic N) is 1. The van der Waals surface area contributed by atoms with E-state index in [1.807, 2.05) is 0 Å². The van der Waals surface area contributed by atoms with Crippen LogP contribution in [-0.2, 0) is 14.3 Å². The van der Waals surface area contributed by atoms with Crippen molar-refractivity contribution in [2.75, 3.05) is 24.4 Å². The highest BCUT2D eigenvalue weighted by Gasteiger charge is 2.17. The van der Waals surface area contributed by atoms with Gasteiger partial charge in [-0.2, -0.15) is 0 Å². The van der Waals surface area contributed by atoms with Crippen LogP contribution in [0, 0.1) is 13.8 Å². The summed E-state index contributed by atoms with van der Waals surface area (Å²) in [7, 11) is 1.46. The van der Waals surface area contributed by atoms with Crippen molar-refractivity contribution in [2.45, 2.75) is 20.8 Å². The molecule has 0 aliphatic carbocycles. The molecule has 2 aromatic rings. The number of ether oxygens (including phenoxy) is 2. The van der Waals surface area contributed by atoms with Gasteiger partial charge in [0.25, 0.3) is 5.91 Å². The van der Waals surface area contributed by atoms with Gasteiger partial charge in [-0.25, -0.2) is 9.78 Å². The molecule has 0 aliphatic heterocycles. The van der Waals surface area contributed by atoms with E-state index in [1.165, 1.54) is 25.4 Å². The van der Waals surface area contributed by atoms with Gasteiger partial charge in [-0.15, -0.1) is 11.3 Å². The zero-order chi connectivity index (χ0) is 19.3. The Morgan fingerprint density at radius 1 is 1.19 bits per heavy atom. The summed E-state index contributed by atoms with van der Waals surface area (Å²) in [4.78, 5) is 39.8. The average molecular weight is 377 g/mol. The van der Waals surface area contributed by atoms with E-state index in [-0.39, 0.29) is 5.91 Å². The molecule has 0 saturated heterocycles. The van der Waals surface area contributed by atoms with Gasteiger partial charge in [0.1, 0.15) is 10.6 Å². The van der Waals surface area contributed by atoms with Gasteiger partial charge in [0.15, 0.2) is 6.61 Å². The summed E-state index contributed by atoms with van der Waals surface area (Å²) >= 11 is 1.21. The van der Waals surface area contributed by atoms with Crippen molar-refractivity contribution in [1.29, 1.82) is 0 Å². The molecule has 9 heteroatoms. The number of methoxy groups -OCH3 is 1. The first kappa shape index (κ1) is 19.4. The van der Waals surface area contributed by atoms with Gasteiger partial charge in [0.2, 0.25) is 5.91 Å². The van der Waals surface area contributed by atoms with Crippen molar-refractivity contribution in [3.63, 3.8) is 0 Å². The van der Waals surface area contributed by atoms with Crippen LogP contribution in [0.1, 0.15) is 27.3 Å².